The summed E-state index contributed by atoms with van der Waals surface area (Å²) >= 11 is 0. The third-order valence-corrected chi connectivity index (χ3v) is 1.45. The Kier molecular flexibility index (Phi) is 2.26. The van der Waals surface area contributed by atoms with E-state index in [9.17, 15) is 0 Å². The van der Waals surface area contributed by atoms with Gasteiger partial charge in [0.05, 0.1) is 5.70 Å². The Morgan fingerprint density at radius 2 is 2.50 bits per heavy atom. The van der Waals surface area contributed by atoms with Crippen molar-refractivity contribution < 1.29 is 0 Å². The van der Waals surface area contributed by atoms with Crippen molar-refractivity contribution in [1.82, 2.24) is 5.01 Å². The molecule has 0 bridgehead atoms. The minimum absolute atomic E-state index is 0.931. The van der Waals surface area contributed by atoms with Gasteiger partial charge in [0.2, 0.25) is 0 Å². The lowest BCUT2D eigenvalue weighted by molar-refractivity contribution is 0.396. The van der Waals surface area contributed by atoms with Crippen LogP contribution >= 0.6 is 0 Å². The lowest BCUT2D eigenvalue weighted by Gasteiger charge is -2.19. The smallest absolute Gasteiger partial charge is 0.0551 e. The highest BCUT2D eigenvalue weighted by Crippen LogP contribution is 2.08. The molecule has 0 spiro atoms. The van der Waals surface area contributed by atoms with Crippen LogP contribution in [0.1, 0.15) is 13.8 Å². The van der Waals surface area contributed by atoms with E-state index in [4.69, 9.17) is 0 Å². The largest absolute Gasteiger partial charge is 0.266 e. The van der Waals surface area contributed by atoms with Gasteiger partial charge in [0.1, 0.15) is 0 Å². The van der Waals surface area contributed by atoms with Crippen LogP contribution in [0.15, 0.2) is 29.0 Å². The molecule has 1 heterocycles. The van der Waals surface area contributed by atoms with E-state index < -0.39 is 0 Å². The lowest BCUT2D eigenvalue weighted by atomic mass is 10.3. The number of nitrogens with zero attached hydrogens (tertiary/aromatic N) is 2. The molecule has 0 atom stereocenters. The highest BCUT2D eigenvalue weighted by atomic mass is 15.5. The Bertz CT molecular complexity index is 189. The van der Waals surface area contributed by atoms with E-state index in [1.54, 1.807) is 6.21 Å². The van der Waals surface area contributed by atoms with E-state index in [0.717, 1.165) is 6.54 Å². The van der Waals surface area contributed by atoms with Crippen LogP contribution in [0, 0.1) is 0 Å². The third-order valence-electron chi connectivity index (χ3n) is 1.45. The Morgan fingerprint density at radius 3 is 3.00 bits per heavy atom. The number of rotatable bonds is 1. The zero-order chi connectivity index (χ0) is 7.40. The predicted octanol–water partition coefficient (Wildman–Crippen LogP) is 1.77. The fourth-order valence-electron chi connectivity index (χ4n) is 0.923. The molecule has 2 heteroatoms. The maximum atomic E-state index is 4.15. The second kappa shape index (κ2) is 3.20. The maximum absolute atomic E-state index is 4.15. The van der Waals surface area contributed by atoms with Crippen molar-refractivity contribution in [3.63, 3.8) is 0 Å². The van der Waals surface area contributed by atoms with Crippen LogP contribution in [0.2, 0.25) is 0 Å². The number of hydrogen-bond donors (Lipinski definition) is 0. The molecule has 1 aliphatic heterocycles. The first-order valence-corrected chi connectivity index (χ1v) is 3.53. The fourth-order valence-corrected chi connectivity index (χ4v) is 0.923. The molecule has 0 aromatic rings. The van der Waals surface area contributed by atoms with Crippen molar-refractivity contribution in [2.24, 2.45) is 5.10 Å². The summed E-state index contributed by atoms with van der Waals surface area (Å²) in [6.07, 6.45) is 7.85. The zero-order valence-corrected chi connectivity index (χ0v) is 6.41. The second-order valence-corrected chi connectivity index (χ2v) is 2.05. The number of hydrogen-bond acceptors (Lipinski definition) is 2. The normalized spacial score (nSPS) is 20.6. The summed E-state index contributed by atoms with van der Waals surface area (Å²) in [4.78, 5) is 0. The second-order valence-electron chi connectivity index (χ2n) is 2.05. The molecule has 0 aromatic heterocycles. The summed E-state index contributed by atoms with van der Waals surface area (Å²) < 4.78 is 0. The molecule has 0 aromatic carbocycles. The summed E-state index contributed by atoms with van der Waals surface area (Å²) in [7, 11) is 0. The molecule has 0 saturated heterocycles. The summed E-state index contributed by atoms with van der Waals surface area (Å²) in [5.74, 6) is 0. The Morgan fingerprint density at radius 1 is 1.70 bits per heavy atom. The van der Waals surface area contributed by atoms with Crippen LogP contribution in [0.4, 0.5) is 0 Å². The van der Waals surface area contributed by atoms with Gasteiger partial charge in [-0.3, -0.25) is 5.01 Å². The van der Waals surface area contributed by atoms with Crippen LogP contribution in [0.25, 0.3) is 0 Å². The molecule has 10 heavy (non-hydrogen) atoms. The SMILES string of the molecule is C/C=C1/C=CC=NN1CC. The summed E-state index contributed by atoms with van der Waals surface area (Å²) in [5, 5.41) is 6.11. The number of hydrazone groups is 1. The van der Waals surface area contributed by atoms with Crippen LogP contribution < -0.4 is 0 Å². The van der Waals surface area contributed by atoms with Gasteiger partial charge in [-0.1, -0.05) is 6.08 Å². The van der Waals surface area contributed by atoms with Gasteiger partial charge < -0.3 is 0 Å². The van der Waals surface area contributed by atoms with Crippen molar-refractivity contribution in [3.8, 4) is 0 Å². The Labute approximate surface area is 61.5 Å². The molecule has 0 aliphatic carbocycles. The van der Waals surface area contributed by atoms with Gasteiger partial charge in [0.25, 0.3) is 0 Å². The van der Waals surface area contributed by atoms with Gasteiger partial charge in [-0.05, 0) is 26.0 Å². The van der Waals surface area contributed by atoms with Gasteiger partial charge in [0, 0.05) is 12.8 Å². The summed E-state index contributed by atoms with van der Waals surface area (Å²) in [6, 6.07) is 0. The van der Waals surface area contributed by atoms with Crippen molar-refractivity contribution in [3.05, 3.63) is 23.9 Å². The topological polar surface area (TPSA) is 15.6 Å². The lowest BCUT2D eigenvalue weighted by Crippen LogP contribution is -2.16. The summed E-state index contributed by atoms with van der Waals surface area (Å²) in [5.41, 5.74) is 1.17. The van der Waals surface area contributed by atoms with Gasteiger partial charge in [-0.25, -0.2) is 0 Å². The van der Waals surface area contributed by atoms with E-state index in [1.807, 2.05) is 18.0 Å². The van der Waals surface area contributed by atoms with Crippen molar-refractivity contribution in [1.29, 1.82) is 0 Å². The average Bonchev–Trinajstić information content (AvgIpc) is 2.04. The van der Waals surface area contributed by atoms with Crippen LogP contribution in [0.5, 0.6) is 0 Å². The molecule has 2 nitrogen and oxygen atoms in total. The molecule has 0 N–H and O–H groups in total. The molecule has 54 valence electrons. The standard InChI is InChI=1S/C8H12N2/c1-3-8-6-5-7-9-10(8)4-2/h3,5-7H,4H2,1-2H3/b8-3-. The molecule has 0 radical (unpaired) electrons. The van der Waals surface area contributed by atoms with E-state index in [2.05, 4.69) is 24.2 Å². The zero-order valence-electron chi connectivity index (χ0n) is 6.41. The van der Waals surface area contributed by atoms with Crippen molar-refractivity contribution in [2.75, 3.05) is 6.54 Å². The third kappa shape index (κ3) is 1.26. The molecular weight excluding hydrogens is 124 g/mol. The average molecular weight is 136 g/mol. The van der Waals surface area contributed by atoms with Gasteiger partial charge in [-0.15, -0.1) is 0 Å². The molecule has 0 fully saturated rings. The van der Waals surface area contributed by atoms with Crippen LogP contribution in [0.3, 0.4) is 0 Å². The summed E-state index contributed by atoms with van der Waals surface area (Å²) in [6.45, 7) is 5.03. The first kappa shape index (κ1) is 7.06. The predicted molar refractivity (Wildman–Crippen MR) is 43.8 cm³/mol. The Hall–Kier alpha value is -1.05. The number of likely N-dealkylation sites (N-methyl/N-ethyl adjacent to an activating group) is 1. The first-order chi connectivity index (χ1) is 4.88. The van der Waals surface area contributed by atoms with Gasteiger partial charge in [-0.2, -0.15) is 5.10 Å². The van der Waals surface area contributed by atoms with Crippen LogP contribution in [-0.4, -0.2) is 17.8 Å². The molecular formula is C8H12N2. The molecule has 0 amide bonds. The maximum Gasteiger partial charge on any atom is 0.0551 e. The van der Waals surface area contributed by atoms with Crippen molar-refractivity contribution in [2.45, 2.75) is 13.8 Å². The minimum Gasteiger partial charge on any atom is -0.266 e. The highest BCUT2D eigenvalue weighted by molar-refractivity contribution is 5.73. The quantitative estimate of drug-likeness (QED) is 0.536. The highest BCUT2D eigenvalue weighted by Gasteiger charge is 2.01. The fraction of sp³-hybridized carbons (Fsp3) is 0.375. The molecule has 0 unspecified atom stereocenters. The van der Waals surface area contributed by atoms with E-state index in [1.165, 1.54) is 5.70 Å². The number of allylic oxidation sites excluding steroid dienone is 3. The van der Waals surface area contributed by atoms with Gasteiger partial charge >= 0.3 is 0 Å². The van der Waals surface area contributed by atoms with Crippen molar-refractivity contribution >= 4 is 6.21 Å². The van der Waals surface area contributed by atoms with E-state index in [0.29, 0.717) is 0 Å². The minimum atomic E-state index is 0.931. The first-order valence-electron chi connectivity index (χ1n) is 3.53. The van der Waals surface area contributed by atoms with Crippen LogP contribution in [-0.2, 0) is 0 Å². The van der Waals surface area contributed by atoms with Gasteiger partial charge in [0.15, 0.2) is 0 Å². The Balaban J connectivity index is 2.74. The monoisotopic (exact) mass is 136 g/mol. The molecule has 1 rings (SSSR count). The molecule has 0 saturated carbocycles. The van der Waals surface area contributed by atoms with E-state index >= 15 is 0 Å². The van der Waals surface area contributed by atoms with E-state index in [-0.39, 0.29) is 0 Å². The molecule has 1 aliphatic rings.